The Morgan fingerprint density at radius 1 is 1.35 bits per heavy atom. The number of hydrogen-bond donors (Lipinski definition) is 0. The molecule has 2 nitrogen and oxygen atoms in total. The maximum Gasteiger partial charge on any atom is 0.0748 e. The van der Waals surface area contributed by atoms with Gasteiger partial charge in [0.05, 0.1) is 11.5 Å². The molecule has 2 rings (SSSR count). The van der Waals surface area contributed by atoms with Crippen molar-refractivity contribution in [1.29, 1.82) is 5.26 Å². The largest absolute Gasteiger partial charge is 0.373 e. The van der Waals surface area contributed by atoms with Crippen molar-refractivity contribution in [1.82, 2.24) is 0 Å². The highest BCUT2D eigenvalue weighted by Crippen LogP contribution is 2.41. The molecule has 17 heavy (non-hydrogen) atoms. The van der Waals surface area contributed by atoms with E-state index in [0.29, 0.717) is 0 Å². The SMILES string of the molecule is Cc1ccc(C)c(N(C)CC2(C#N)CCC2)c1. The molecule has 0 atom stereocenters. The van der Waals surface area contributed by atoms with Crippen LogP contribution in [0, 0.1) is 30.6 Å². The van der Waals surface area contributed by atoms with Gasteiger partial charge in [0.15, 0.2) is 0 Å². The topological polar surface area (TPSA) is 27.0 Å². The molecule has 1 saturated carbocycles. The Bertz CT molecular complexity index is 452. The number of nitriles is 1. The van der Waals surface area contributed by atoms with Gasteiger partial charge in [-0.3, -0.25) is 0 Å². The average Bonchev–Trinajstić information content (AvgIpc) is 2.26. The lowest BCUT2D eigenvalue weighted by Crippen LogP contribution is -2.40. The molecular weight excluding hydrogens is 208 g/mol. The summed E-state index contributed by atoms with van der Waals surface area (Å²) in [5.41, 5.74) is 3.72. The van der Waals surface area contributed by atoms with Gasteiger partial charge in [0.1, 0.15) is 0 Å². The van der Waals surface area contributed by atoms with Gasteiger partial charge in [0, 0.05) is 19.3 Å². The molecule has 0 bridgehead atoms. The van der Waals surface area contributed by atoms with Crippen molar-refractivity contribution < 1.29 is 0 Å². The maximum atomic E-state index is 9.28. The van der Waals surface area contributed by atoms with Crippen molar-refractivity contribution in [3.05, 3.63) is 29.3 Å². The molecule has 1 fully saturated rings. The predicted molar refractivity (Wildman–Crippen MR) is 71.1 cm³/mol. The normalized spacial score (nSPS) is 17.1. The zero-order valence-corrected chi connectivity index (χ0v) is 11.0. The summed E-state index contributed by atoms with van der Waals surface area (Å²) in [6.07, 6.45) is 3.31. The predicted octanol–water partition coefficient (Wildman–Crippen LogP) is 3.43. The van der Waals surface area contributed by atoms with Gasteiger partial charge >= 0.3 is 0 Å². The van der Waals surface area contributed by atoms with Crippen molar-refractivity contribution in [3.8, 4) is 6.07 Å². The Hall–Kier alpha value is -1.49. The Balaban J connectivity index is 2.17. The number of hydrogen-bond acceptors (Lipinski definition) is 2. The van der Waals surface area contributed by atoms with Crippen LogP contribution in [-0.2, 0) is 0 Å². The van der Waals surface area contributed by atoms with Crippen LogP contribution in [0.25, 0.3) is 0 Å². The fourth-order valence-electron chi connectivity index (χ4n) is 2.58. The quantitative estimate of drug-likeness (QED) is 0.792. The third kappa shape index (κ3) is 2.29. The summed E-state index contributed by atoms with van der Waals surface area (Å²) < 4.78 is 0. The first-order chi connectivity index (χ1) is 8.06. The van der Waals surface area contributed by atoms with Crippen LogP contribution in [0.4, 0.5) is 5.69 Å². The molecular formula is C15H20N2. The van der Waals surface area contributed by atoms with Crippen LogP contribution < -0.4 is 4.90 Å². The van der Waals surface area contributed by atoms with Crippen LogP contribution >= 0.6 is 0 Å². The van der Waals surface area contributed by atoms with Gasteiger partial charge in [-0.2, -0.15) is 5.26 Å². The number of nitrogens with zero attached hydrogens (tertiary/aromatic N) is 2. The van der Waals surface area contributed by atoms with Crippen LogP contribution in [0.1, 0.15) is 30.4 Å². The molecule has 2 heteroatoms. The minimum absolute atomic E-state index is 0.0923. The second-order valence-electron chi connectivity index (χ2n) is 5.39. The van der Waals surface area contributed by atoms with Gasteiger partial charge < -0.3 is 4.90 Å². The van der Waals surface area contributed by atoms with Crippen molar-refractivity contribution >= 4 is 5.69 Å². The molecule has 90 valence electrons. The van der Waals surface area contributed by atoms with Crippen molar-refractivity contribution in [2.24, 2.45) is 5.41 Å². The summed E-state index contributed by atoms with van der Waals surface area (Å²) in [5, 5.41) is 9.28. The Kier molecular flexibility index (Phi) is 3.11. The van der Waals surface area contributed by atoms with E-state index in [9.17, 15) is 5.26 Å². The van der Waals surface area contributed by atoms with Gasteiger partial charge in [-0.25, -0.2) is 0 Å². The monoisotopic (exact) mass is 228 g/mol. The molecule has 0 spiro atoms. The highest BCUT2D eigenvalue weighted by molar-refractivity contribution is 5.54. The summed E-state index contributed by atoms with van der Waals surface area (Å²) in [4.78, 5) is 2.24. The standard InChI is InChI=1S/C15H20N2/c1-12-5-6-13(2)14(9-12)17(3)11-15(10-16)7-4-8-15/h5-6,9H,4,7-8,11H2,1-3H3. The first kappa shape index (κ1) is 12.0. The lowest BCUT2D eigenvalue weighted by Gasteiger charge is -2.39. The first-order valence-corrected chi connectivity index (χ1v) is 6.26. The lowest BCUT2D eigenvalue weighted by molar-refractivity contribution is 0.223. The fourth-order valence-corrected chi connectivity index (χ4v) is 2.58. The maximum absolute atomic E-state index is 9.28. The van der Waals surface area contributed by atoms with Crippen molar-refractivity contribution in [2.45, 2.75) is 33.1 Å². The average molecular weight is 228 g/mol. The van der Waals surface area contributed by atoms with E-state index in [0.717, 1.165) is 19.4 Å². The van der Waals surface area contributed by atoms with E-state index < -0.39 is 0 Å². The molecule has 0 N–H and O–H groups in total. The molecule has 0 saturated heterocycles. The second-order valence-corrected chi connectivity index (χ2v) is 5.39. The van der Waals surface area contributed by atoms with Crippen molar-refractivity contribution in [2.75, 3.05) is 18.5 Å². The zero-order valence-electron chi connectivity index (χ0n) is 11.0. The van der Waals surface area contributed by atoms with E-state index in [4.69, 9.17) is 0 Å². The molecule has 0 amide bonds. The van der Waals surface area contributed by atoms with Gasteiger partial charge in [-0.15, -0.1) is 0 Å². The fraction of sp³-hybridized carbons (Fsp3) is 0.533. The van der Waals surface area contributed by atoms with Gasteiger partial charge in [0.25, 0.3) is 0 Å². The van der Waals surface area contributed by atoms with E-state index in [2.05, 4.69) is 50.1 Å². The number of benzene rings is 1. The number of aryl methyl sites for hydroxylation is 2. The minimum Gasteiger partial charge on any atom is -0.373 e. The molecule has 0 aliphatic heterocycles. The highest BCUT2D eigenvalue weighted by Gasteiger charge is 2.38. The molecule has 1 aliphatic carbocycles. The van der Waals surface area contributed by atoms with E-state index in [1.165, 1.54) is 23.2 Å². The van der Waals surface area contributed by atoms with Gasteiger partial charge in [-0.05, 0) is 43.9 Å². The van der Waals surface area contributed by atoms with E-state index in [-0.39, 0.29) is 5.41 Å². The molecule has 0 unspecified atom stereocenters. The van der Waals surface area contributed by atoms with Gasteiger partial charge in [0.2, 0.25) is 0 Å². The van der Waals surface area contributed by atoms with Gasteiger partial charge in [-0.1, -0.05) is 18.6 Å². The smallest absolute Gasteiger partial charge is 0.0748 e. The summed E-state index contributed by atoms with van der Waals surface area (Å²) in [5.74, 6) is 0. The minimum atomic E-state index is -0.0923. The van der Waals surface area contributed by atoms with E-state index in [1.807, 2.05) is 0 Å². The molecule has 1 aromatic rings. The summed E-state index contributed by atoms with van der Waals surface area (Å²) in [7, 11) is 2.10. The van der Waals surface area contributed by atoms with E-state index in [1.54, 1.807) is 0 Å². The van der Waals surface area contributed by atoms with Crippen LogP contribution in [0.2, 0.25) is 0 Å². The van der Waals surface area contributed by atoms with Crippen LogP contribution in [0.5, 0.6) is 0 Å². The zero-order chi connectivity index (χ0) is 12.5. The molecule has 1 aromatic carbocycles. The van der Waals surface area contributed by atoms with E-state index >= 15 is 0 Å². The molecule has 0 radical (unpaired) electrons. The lowest BCUT2D eigenvalue weighted by atomic mass is 9.69. The molecule has 1 aliphatic rings. The second kappa shape index (κ2) is 4.41. The van der Waals surface area contributed by atoms with Crippen LogP contribution in [0.3, 0.4) is 0 Å². The number of anilines is 1. The van der Waals surface area contributed by atoms with Crippen LogP contribution in [-0.4, -0.2) is 13.6 Å². The summed E-state index contributed by atoms with van der Waals surface area (Å²) >= 11 is 0. The number of rotatable bonds is 3. The van der Waals surface area contributed by atoms with Crippen molar-refractivity contribution in [3.63, 3.8) is 0 Å². The Labute approximate surface area is 104 Å². The third-order valence-corrected chi connectivity index (χ3v) is 3.86. The Morgan fingerprint density at radius 2 is 2.06 bits per heavy atom. The molecule has 0 heterocycles. The highest BCUT2D eigenvalue weighted by atomic mass is 15.1. The molecule has 0 aromatic heterocycles. The Morgan fingerprint density at radius 3 is 2.59 bits per heavy atom. The third-order valence-electron chi connectivity index (χ3n) is 3.86. The summed E-state index contributed by atoms with van der Waals surface area (Å²) in [6.45, 7) is 5.10. The van der Waals surface area contributed by atoms with Crippen LogP contribution in [0.15, 0.2) is 18.2 Å². The summed E-state index contributed by atoms with van der Waals surface area (Å²) in [6, 6.07) is 9.00. The first-order valence-electron chi connectivity index (χ1n) is 6.26.